The molecule has 0 radical (unpaired) electrons. The largest absolute Gasteiger partial charge is 0.398 e. The molecule has 0 atom stereocenters. The normalized spacial score (nSPS) is 10.3. The summed E-state index contributed by atoms with van der Waals surface area (Å²) in [7, 11) is 1.67. The van der Waals surface area contributed by atoms with E-state index < -0.39 is 0 Å². The van der Waals surface area contributed by atoms with Crippen LogP contribution < -0.4 is 5.73 Å². The zero-order chi connectivity index (χ0) is 14.7. The van der Waals surface area contributed by atoms with Crippen molar-refractivity contribution in [2.24, 2.45) is 0 Å². The van der Waals surface area contributed by atoms with Gasteiger partial charge < -0.3 is 10.6 Å². The van der Waals surface area contributed by atoms with Gasteiger partial charge in [-0.2, -0.15) is 0 Å². The number of nitrogens with two attached hydrogens (primary N) is 1. The lowest BCUT2D eigenvalue weighted by Gasteiger charge is -2.18. The summed E-state index contributed by atoms with van der Waals surface area (Å²) in [5.41, 5.74) is 8.23. The summed E-state index contributed by atoms with van der Waals surface area (Å²) in [6.07, 6.45) is 0. The Morgan fingerprint density at radius 1 is 1.25 bits per heavy atom. The first-order valence-electron chi connectivity index (χ1n) is 6.34. The van der Waals surface area contributed by atoms with Gasteiger partial charge in [-0.15, -0.1) is 0 Å². The minimum atomic E-state index is -0.372. The molecule has 20 heavy (non-hydrogen) atoms. The summed E-state index contributed by atoms with van der Waals surface area (Å²) < 4.78 is 13.5. The van der Waals surface area contributed by atoms with E-state index in [1.54, 1.807) is 32.2 Å². The van der Waals surface area contributed by atoms with Gasteiger partial charge in [0.1, 0.15) is 5.82 Å². The van der Waals surface area contributed by atoms with E-state index in [0.717, 1.165) is 5.56 Å². The lowest BCUT2D eigenvalue weighted by atomic mass is 10.1. The third-order valence-electron chi connectivity index (χ3n) is 3.23. The van der Waals surface area contributed by atoms with E-state index in [2.05, 4.69) is 0 Å². The standard InChI is InChI=1S/C16H17FN2O/c1-11-7-8-12(9-14(11)17)16(20)19(2)10-13-5-3-4-6-15(13)18/h3-9H,10,18H2,1-2H3. The fourth-order valence-electron chi connectivity index (χ4n) is 1.95. The summed E-state index contributed by atoms with van der Waals surface area (Å²) in [6, 6.07) is 11.9. The summed E-state index contributed by atoms with van der Waals surface area (Å²) in [5, 5.41) is 0. The molecule has 3 nitrogen and oxygen atoms in total. The highest BCUT2D eigenvalue weighted by atomic mass is 19.1. The van der Waals surface area contributed by atoms with Crippen molar-refractivity contribution in [2.45, 2.75) is 13.5 Å². The van der Waals surface area contributed by atoms with Crippen LogP contribution in [-0.4, -0.2) is 17.9 Å². The number of halogens is 1. The van der Waals surface area contributed by atoms with Crippen molar-refractivity contribution < 1.29 is 9.18 Å². The Labute approximate surface area is 117 Å². The van der Waals surface area contributed by atoms with E-state index in [-0.39, 0.29) is 11.7 Å². The van der Waals surface area contributed by atoms with E-state index in [0.29, 0.717) is 23.4 Å². The Balaban J connectivity index is 2.16. The number of hydrogen-bond acceptors (Lipinski definition) is 2. The molecule has 2 aromatic rings. The Bertz CT molecular complexity index is 640. The molecule has 2 aromatic carbocycles. The molecular weight excluding hydrogens is 255 g/mol. The fourth-order valence-corrected chi connectivity index (χ4v) is 1.95. The molecule has 0 bridgehead atoms. The van der Waals surface area contributed by atoms with Crippen LogP contribution in [-0.2, 0) is 6.54 Å². The van der Waals surface area contributed by atoms with Gasteiger partial charge in [0.2, 0.25) is 0 Å². The molecular formula is C16H17FN2O. The number of hydrogen-bond donors (Lipinski definition) is 1. The van der Waals surface area contributed by atoms with Crippen LogP contribution in [0.25, 0.3) is 0 Å². The van der Waals surface area contributed by atoms with Crippen molar-refractivity contribution in [1.29, 1.82) is 0 Å². The van der Waals surface area contributed by atoms with Crippen LogP contribution >= 0.6 is 0 Å². The minimum Gasteiger partial charge on any atom is -0.398 e. The summed E-state index contributed by atoms with van der Waals surface area (Å²) in [4.78, 5) is 13.8. The number of anilines is 1. The number of nitrogen functional groups attached to an aromatic ring is 1. The summed E-state index contributed by atoms with van der Waals surface area (Å²) in [5.74, 6) is -0.601. The molecule has 4 heteroatoms. The smallest absolute Gasteiger partial charge is 0.253 e. The molecule has 104 valence electrons. The average molecular weight is 272 g/mol. The molecule has 0 aliphatic rings. The lowest BCUT2D eigenvalue weighted by Crippen LogP contribution is -2.26. The van der Waals surface area contributed by atoms with Gasteiger partial charge in [0, 0.05) is 24.8 Å². The summed E-state index contributed by atoms with van der Waals surface area (Å²) in [6.45, 7) is 2.05. The Morgan fingerprint density at radius 2 is 1.95 bits per heavy atom. The van der Waals surface area contributed by atoms with Crippen molar-refractivity contribution >= 4 is 11.6 Å². The van der Waals surface area contributed by atoms with Gasteiger partial charge >= 0.3 is 0 Å². The number of carbonyl (C=O) groups is 1. The van der Waals surface area contributed by atoms with Crippen molar-refractivity contribution in [3.63, 3.8) is 0 Å². The quantitative estimate of drug-likeness (QED) is 0.873. The predicted molar refractivity (Wildman–Crippen MR) is 77.8 cm³/mol. The highest BCUT2D eigenvalue weighted by Gasteiger charge is 2.14. The molecule has 0 fully saturated rings. The number of amides is 1. The summed E-state index contributed by atoms with van der Waals surface area (Å²) >= 11 is 0. The Morgan fingerprint density at radius 3 is 2.60 bits per heavy atom. The van der Waals surface area contributed by atoms with Crippen LogP contribution in [0.1, 0.15) is 21.5 Å². The molecule has 0 aromatic heterocycles. The van der Waals surface area contributed by atoms with Crippen LogP contribution in [0.4, 0.5) is 10.1 Å². The first kappa shape index (κ1) is 14.1. The molecule has 0 unspecified atom stereocenters. The molecule has 2 N–H and O–H groups in total. The van der Waals surface area contributed by atoms with Gasteiger partial charge in [0.25, 0.3) is 5.91 Å². The second kappa shape index (κ2) is 5.74. The molecule has 0 aliphatic heterocycles. The van der Waals surface area contributed by atoms with Gasteiger partial charge in [-0.05, 0) is 36.2 Å². The van der Waals surface area contributed by atoms with Crippen LogP contribution in [0.5, 0.6) is 0 Å². The lowest BCUT2D eigenvalue weighted by molar-refractivity contribution is 0.0785. The molecule has 0 spiro atoms. The second-order valence-electron chi connectivity index (χ2n) is 4.82. The number of carbonyl (C=O) groups excluding carboxylic acids is 1. The van der Waals surface area contributed by atoms with Gasteiger partial charge in [-0.3, -0.25) is 4.79 Å². The van der Waals surface area contributed by atoms with E-state index in [1.165, 1.54) is 11.0 Å². The van der Waals surface area contributed by atoms with E-state index >= 15 is 0 Å². The number of benzene rings is 2. The first-order chi connectivity index (χ1) is 9.49. The maximum atomic E-state index is 13.5. The van der Waals surface area contributed by atoms with E-state index in [4.69, 9.17) is 5.73 Å². The monoisotopic (exact) mass is 272 g/mol. The number of rotatable bonds is 3. The van der Waals surface area contributed by atoms with Crippen LogP contribution in [0, 0.1) is 12.7 Å². The SMILES string of the molecule is Cc1ccc(C(=O)N(C)Cc2ccccc2N)cc1F. The molecule has 1 amide bonds. The van der Waals surface area contributed by atoms with E-state index in [1.807, 2.05) is 18.2 Å². The number of nitrogens with zero attached hydrogens (tertiary/aromatic N) is 1. The fraction of sp³-hybridized carbons (Fsp3) is 0.188. The third kappa shape index (κ3) is 2.96. The van der Waals surface area contributed by atoms with Crippen LogP contribution in [0.15, 0.2) is 42.5 Å². The predicted octanol–water partition coefficient (Wildman–Crippen LogP) is 2.99. The maximum Gasteiger partial charge on any atom is 0.253 e. The highest BCUT2D eigenvalue weighted by molar-refractivity contribution is 5.94. The highest BCUT2D eigenvalue weighted by Crippen LogP contribution is 2.15. The Hall–Kier alpha value is -2.36. The van der Waals surface area contributed by atoms with Gasteiger partial charge in [-0.1, -0.05) is 24.3 Å². The average Bonchev–Trinajstić information content (AvgIpc) is 2.43. The topological polar surface area (TPSA) is 46.3 Å². The van der Waals surface area contributed by atoms with Gasteiger partial charge in [0.15, 0.2) is 0 Å². The second-order valence-corrected chi connectivity index (χ2v) is 4.82. The van der Waals surface area contributed by atoms with Crippen LogP contribution in [0.2, 0.25) is 0 Å². The number of para-hydroxylation sites is 1. The number of aryl methyl sites for hydroxylation is 1. The first-order valence-corrected chi connectivity index (χ1v) is 6.34. The van der Waals surface area contributed by atoms with Crippen molar-refractivity contribution in [2.75, 3.05) is 12.8 Å². The molecule has 2 rings (SSSR count). The van der Waals surface area contributed by atoms with E-state index in [9.17, 15) is 9.18 Å². The minimum absolute atomic E-state index is 0.229. The molecule has 0 saturated carbocycles. The Kier molecular flexibility index (Phi) is 4.03. The molecule has 0 saturated heterocycles. The molecule has 0 heterocycles. The zero-order valence-electron chi connectivity index (χ0n) is 11.6. The van der Waals surface area contributed by atoms with Crippen LogP contribution in [0.3, 0.4) is 0 Å². The van der Waals surface area contributed by atoms with Crippen molar-refractivity contribution in [3.8, 4) is 0 Å². The van der Waals surface area contributed by atoms with Gasteiger partial charge in [-0.25, -0.2) is 4.39 Å². The zero-order valence-corrected chi connectivity index (χ0v) is 11.6. The van der Waals surface area contributed by atoms with Crippen molar-refractivity contribution in [3.05, 3.63) is 65.0 Å². The van der Waals surface area contributed by atoms with Gasteiger partial charge in [0.05, 0.1) is 0 Å². The molecule has 0 aliphatic carbocycles. The van der Waals surface area contributed by atoms with Crippen molar-refractivity contribution in [1.82, 2.24) is 4.90 Å². The third-order valence-corrected chi connectivity index (χ3v) is 3.23. The maximum absolute atomic E-state index is 13.5.